The monoisotopic (exact) mass is 1340 g/mol. The molecule has 0 bridgehead atoms. The van der Waals surface area contributed by atoms with Gasteiger partial charge in [-0.15, -0.1) is 0 Å². The van der Waals surface area contributed by atoms with Gasteiger partial charge in [0.1, 0.15) is 21.6 Å². The highest BCUT2D eigenvalue weighted by molar-refractivity contribution is 7.87. The summed E-state index contributed by atoms with van der Waals surface area (Å²) in [6.45, 7) is 6.49. The van der Waals surface area contributed by atoms with Gasteiger partial charge in [0.05, 0.1) is 105 Å². The molecule has 0 amide bonds. The number of unbranched alkanes of at least 4 members (excludes halogenated alkanes) is 2. The van der Waals surface area contributed by atoms with Gasteiger partial charge < -0.3 is 52.5 Å². The van der Waals surface area contributed by atoms with Crippen molar-refractivity contribution < 1.29 is 117 Å². The average molecular weight is 1340 g/mol. The quantitative estimate of drug-likeness (QED) is 0.0214. The average Bonchev–Trinajstić information content (AvgIpc) is 1.52. The zero-order valence-corrected chi connectivity index (χ0v) is 53.2. The molecular weight excluding hydrogens is 1260 g/mol. The summed E-state index contributed by atoms with van der Waals surface area (Å²) >= 11 is 0. The van der Waals surface area contributed by atoms with Gasteiger partial charge in [-0.05, 0) is 104 Å². The molecule has 88 heavy (non-hydrogen) atoms. The van der Waals surface area contributed by atoms with Crippen molar-refractivity contribution in [3.63, 3.8) is 0 Å². The third-order valence-corrected chi connectivity index (χ3v) is 19.3. The molecule has 0 fully saturated rings. The van der Waals surface area contributed by atoms with E-state index in [1.165, 1.54) is 18.2 Å². The van der Waals surface area contributed by atoms with Gasteiger partial charge in [0.15, 0.2) is 5.71 Å². The predicted molar refractivity (Wildman–Crippen MR) is 319 cm³/mol. The van der Waals surface area contributed by atoms with Crippen LogP contribution >= 0.6 is 0 Å². The number of allylic oxidation sites excluding steroid dienone is 4. The van der Waals surface area contributed by atoms with Crippen molar-refractivity contribution >= 4 is 95.2 Å². The minimum atomic E-state index is -5.42. The Hall–Kier alpha value is -4.95. The van der Waals surface area contributed by atoms with E-state index in [1.807, 2.05) is 4.90 Å². The van der Waals surface area contributed by atoms with Gasteiger partial charge in [-0.2, -0.15) is 38.2 Å². The molecule has 0 saturated heterocycles. The van der Waals surface area contributed by atoms with Gasteiger partial charge in [0.2, 0.25) is 5.69 Å². The highest BCUT2D eigenvalue weighted by Crippen LogP contribution is 2.54. The Morgan fingerprint density at radius 3 is 1.53 bits per heavy atom. The Morgan fingerprint density at radius 2 is 1.05 bits per heavy atom. The number of hydrogen-bond donors (Lipinski definition) is 5. The minimum absolute atomic E-state index is 0.0120. The maximum atomic E-state index is 13.0. The summed E-state index contributed by atoms with van der Waals surface area (Å²) in [4.78, 5) is 9.91. The lowest BCUT2D eigenvalue weighted by molar-refractivity contribution is -0.437. The first-order valence-electron chi connectivity index (χ1n) is 27.9. The van der Waals surface area contributed by atoms with Crippen molar-refractivity contribution in [3.8, 4) is 0 Å². The minimum Gasteiger partial charge on any atom is -0.744 e. The molecule has 4 aromatic carbocycles. The van der Waals surface area contributed by atoms with Gasteiger partial charge in [-0.3, -0.25) is 23.0 Å². The summed E-state index contributed by atoms with van der Waals surface area (Å²) in [6.07, 6.45) is 5.84. The van der Waals surface area contributed by atoms with Crippen LogP contribution in [0.25, 0.3) is 21.5 Å². The van der Waals surface area contributed by atoms with Crippen LogP contribution in [0.5, 0.6) is 0 Å². The van der Waals surface area contributed by atoms with Crippen LogP contribution in [0.15, 0.2) is 92.0 Å². The van der Waals surface area contributed by atoms with E-state index in [0.717, 1.165) is 12.1 Å². The predicted octanol–water partition coefficient (Wildman–Crippen LogP) is 5.31. The molecule has 2 aliphatic heterocycles. The third kappa shape index (κ3) is 18.8. The number of hydrogen-bond acceptors (Lipinski definition) is 21. The molecule has 0 saturated carbocycles. The molecule has 490 valence electrons. The van der Waals surface area contributed by atoms with Crippen LogP contribution in [-0.2, 0) is 104 Å². The highest BCUT2D eigenvalue weighted by atomic mass is 32.2. The molecule has 2 aliphatic rings. The summed E-state index contributed by atoms with van der Waals surface area (Å²) in [7, 11) is -22.4. The standard InChI is InChI=1S/C56H76N2O25S5/c1-55(17-21-78-27-29-82-33-31-80-25-23-76-3)50(57(19-7-5-6-12-52(59)60)46-15-13-42-44(53(46)55)36-40(85(64,65)66)38-48(42)87(70,71)72)10-8-11-51-56(2,18-22-79-28-30-83-34-32-81-26-24-77-4)54-45-37-41(86(67,68)69)39-49(88(73,74)75)43(45)14-16-47(54)58(51)20-9-35-84(61,62)63/h8,10-11,13-16,36-39H,5-7,9,12,17-35H2,1-4H3,(H5-,59,60,61,62,63,64,65,66,67,68,69,70,71,72,73,74,75). The maximum absolute atomic E-state index is 13.0. The number of aliphatic carboxylic acids is 1. The first-order valence-corrected chi connectivity index (χ1v) is 35.3. The van der Waals surface area contributed by atoms with E-state index in [9.17, 15) is 74.8 Å². The first kappa shape index (κ1) is 72.1. The number of carbonyl (C=O) groups is 1. The zero-order chi connectivity index (χ0) is 64.7. The summed E-state index contributed by atoms with van der Waals surface area (Å²) < 4.78 is 228. The van der Waals surface area contributed by atoms with Crippen LogP contribution < -0.4 is 4.90 Å². The fourth-order valence-electron chi connectivity index (χ4n) is 11.0. The highest BCUT2D eigenvalue weighted by Gasteiger charge is 2.50. The SMILES string of the molecule is COCCOCCOCCOCCC1(C)C(/C=C/C=C2/N(CCCCCC(=O)O)c3ccc4c(S(=O)(=O)[O-])cc(S(=O)(=O)O)cc4c3C2(C)CCOCCOCCOCCOC)=[N+](CCCS(=O)(=O)O)c2ccc3c(S(=O)(=O)O)cc(S(=O)(=O)O)cc3c21. The number of anilines is 1. The van der Waals surface area contributed by atoms with Gasteiger partial charge in [-0.1, -0.05) is 18.6 Å². The largest absolute Gasteiger partial charge is 0.744 e. The Balaban J connectivity index is 1.57. The molecule has 0 aliphatic carbocycles. The van der Waals surface area contributed by atoms with Gasteiger partial charge in [0.25, 0.3) is 40.5 Å². The van der Waals surface area contributed by atoms with Gasteiger partial charge in [0, 0.05) is 86.7 Å². The fraction of sp³-hybridized carbons (Fsp3) is 0.536. The number of nitrogens with zero attached hydrogens (tertiary/aromatic N) is 2. The van der Waals surface area contributed by atoms with E-state index in [2.05, 4.69) is 0 Å². The Kier molecular flexibility index (Phi) is 25.7. The fourth-order valence-corrected chi connectivity index (χ4v) is 14.1. The van der Waals surface area contributed by atoms with Gasteiger partial charge >= 0.3 is 5.97 Å². The van der Waals surface area contributed by atoms with Crippen LogP contribution in [0.2, 0.25) is 0 Å². The number of rotatable bonds is 40. The molecule has 4 aromatic rings. The smallest absolute Gasteiger partial charge is 0.303 e. The van der Waals surface area contributed by atoms with Crippen molar-refractivity contribution in [2.75, 3.05) is 130 Å². The van der Waals surface area contributed by atoms with Crippen LogP contribution in [0.4, 0.5) is 11.4 Å². The van der Waals surface area contributed by atoms with Gasteiger partial charge in [-0.25, -0.2) is 8.42 Å². The summed E-state index contributed by atoms with van der Waals surface area (Å²) in [5.74, 6) is -1.73. The molecule has 2 unspecified atom stereocenters. The van der Waals surface area contributed by atoms with Crippen LogP contribution in [0, 0.1) is 0 Å². The molecule has 0 aromatic heterocycles. The van der Waals surface area contributed by atoms with E-state index in [4.69, 9.17) is 37.9 Å². The second-order valence-electron chi connectivity index (χ2n) is 21.1. The third-order valence-electron chi connectivity index (χ3n) is 15.0. The van der Waals surface area contributed by atoms with E-state index >= 15 is 0 Å². The Bertz CT molecular complexity index is 3820. The van der Waals surface area contributed by atoms with Crippen molar-refractivity contribution in [1.29, 1.82) is 0 Å². The lowest BCUT2D eigenvalue weighted by Crippen LogP contribution is -2.33. The van der Waals surface area contributed by atoms with Crippen LogP contribution in [0.3, 0.4) is 0 Å². The molecule has 27 nitrogen and oxygen atoms in total. The number of carboxylic acids is 1. The van der Waals surface area contributed by atoms with E-state index < -0.39 is 92.7 Å². The number of ether oxygens (including phenoxy) is 8. The lowest BCUT2D eigenvalue weighted by Gasteiger charge is -2.31. The maximum Gasteiger partial charge on any atom is 0.303 e. The van der Waals surface area contributed by atoms with Crippen molar-refractivity contribution in [2.24, 2.45) is 0 Å². The first-order chi connectivity index (χ1) is 41.4. The van der Waals surface area contributed by atoms with E-state index in [1.54, 1.807) is 56.9 Å². The zero-order valence-electron chi connectivity index (χ0n) is 49.2. The van der Waals surface area contributed by atoms with Crippen LogP contribution in [-0.4, -0.2) is 212 Å². The molecule has 6 rings (SSSR count). The second-order valence-corrected chi connectivity index (χ2v) is 28.3. The number of benzene rings is 4. The number of fused-ring (bicyclic) bond motifs is 6. The number of carboxylic acid groups (broad SMARTS) is 1. The molecular formula is C56H76N2O25S5. The van der Waals surface area contributed by atoms with Crippen molar-refractivity contribution in [2.45, 2.75) is 89.2 Å². The molecule has 2 atom stereocenters. The van der Waals surface area contributed by atoms with Crippen LogP contribution in [0.1, 0.15) is 69.9 Å². The molecule has 5 N–H and O–H groups in total. The summed E-state index contributed by atoms with van der Waals surface area (Å²) in [6, 6.07) is 9.03. The summed E-state index contributed by atoms with van der Waals surface area (Å²) in [5, 5.41) is 9.08. The Labute approximate surface area is 512 Å². The molecule has 0 spiro atoms. The molecule has 2 heterocycles. The normalized spacial score (nSPS) is 18.0. The Morgan fingerprint density at radius 1 is 0.568 bits per heavy atom. The van der Waals surface area contributed by atoms with E-state index in [-0.39, 0.29) is 132 Å². The van der Waals surface area contributed by atoms with Crippen molar-refractivity contribution in [3.05, 3.63) is 83.6 Å². The topological polar surface area (TPSA) is 392 Å². The number of methoxy groups -OCH3 is 2. The summed E-state index contributed by atoms with van der Waals surface area (Å²) in [5.41, 5.74) is -0.545. The molecule has 32 heteroatoms. The molecule has 0 radical (unpaired) electrons. The van der Waals surface area contributed by atoms with Crippen molar-refractivity contribution in [1.82, 2.24) is 0 Å². The lowest BCUT2D eigenvalue weighted by atomic mass is 9.74. The second kappa shape index (κ2) is 31.4. The van der Waals surface area contributed by atoms with E-state index in [0.29, 0.717) is 86.2 Å².